The van der Waals surface area contributed by atoms with E-state index in [1.807, 2.05) is 30.3 Å². The van der Waals surface area contributed by atoms with Gasteiger partial charge in [-0.1, -0.05) is 30.3 Å². The summed E-state index contributed by atoms with van der Waals surface area (Å²) in [4.78, 5) is 23.5. The predicted octanol–water partition coefficient (Wildman–Crippen LogP) is 1.18. The van der Waals surface area contributed by atoms with Gasteiger partial charge in [0.25, 0.3) is 0 Å². The average Bonchev–Trinajstić information content (AvgIpc) is 3.10. The molecule has 5 heteroatoms. The van der Waals surface area contributed by atoms with Gasteiger partial charge < -0.3 is 15.2 Å². The third kappa shape index (κ3) is 2.29. The number of ether oxygens (including phenoxy) is 1. The van der Waals surface area contributed by atoms with Gasteiger partial charge in [0.2, 0.25) is 0 Å². The first-order chi connectivity index (χ1) is 9.62. The zero-order chi connectivity index (χ0) is 14.2. The molecule has 1 unspecified atom stereocenters. The van der Waals surface area contributed by atoms with Gasteiger partial charge in [0.1, 0.15) is 12.6 Å². The molecular formula is C15H17NO4. The number of nitrogens with one attached hydrogen (secondary N) is 1. The van der Waals surface area contributed by atoms with Crippen LogP contribution in [0.1, 0.15) is 18.4 Å². The lowest BCUT2D eigenvalue weighted by Gasteiger charge is -2.19. The fourth-order valence-corrected chi connectivity index (χ4v) is 2.98. The van der Waals surface area contributed by atoms with Crippen molar-refractivity contribution in [2.24, 2.45) is 11.3 Å². The third-order valence-corrected chi connectivity index (χ3v) is 4.30. The smallest absolute Gasteiger partial charge is 0.321 e. The number of aliphatic carboxylic acids is 1. The summed E-state index contributed by atoms with van der Waals surface area (Å²) in [7, 11) is 0. The zero-order valence-electron chi connectivity index (χ0n) is 11.0. The summed E-state index contributed by atoms with van der Waals surface area (Å²) in [6.07, 6.45) is 1.80. The molecule has 1 saturated heterocycles. The van der Waals surface area contributed by atoms with Gasteiger partial charge in [-0.2, -0.15) is 0 Å². The molecule has 0 aromatic heterocycles. The Morgan fingerprint density at radius 1 is 1.30 bits per heavy atom. The minimum absolute atomic E-state index is 0.184. The lowest BCUT2D eigenvalue weighted by molar-refractivity contribution is -0.156. The second kappa shape index (κ2) is 4.90. The van der Waals surface area contributed by atoms with Crippen molar-refractivity contribution in [2.75, 3.05) is 6.54 Å². The number of carbonyl (C=O) groups is 2. The molecule has 2 N–H and O–H groups in total. The van der Waals surface area contributed by atoms with Crippen LogP contribution in [0.5, 0.6) is 0 Å². The summed E-state index contributed by atoms with van der Waals surface area (Å²) in [6.45, 7) is 0.785. The molecule has 1 aromatic carbocycles. The number of benzene rings is 1. The molecule has 2 fully saturated rings. The fraction of sp³-hybridized carbons (Fsp3) is 0.467. The van der Waals surface area contributed by atoms with Crippen LogP contribution in [0.15, 0.2) is 30.3 Å². The number of esters is 1. The number of hydrogen-bond donors (Lipinski definition) is 2. The van der Waals surface area contributed by atoms with Crippen LogP contribution in [0.4, 0.5) is 0 Å². The highest BCUT2D eigenvalue weighted by atomic mass is 16.5. The van der Waals surface area contributed by atoms with E-state index in [-0.39, 0.29) is 12.0 Å². The predicted molar refractivity (Wildman–Crippen MR) is 70.8 cm³/mol. The lowest BCUT2D eigenvalue weighted by Crippen LogP contribution is -2.40. The highest BCUT2D eigenvalue weighted by Crippen LogP contribution is 2.56. The molecule has 2 aliphatic rings. The number of carboxylic acid groups (broad SMARTS) is 1. The number of carboxylic acids is 1. The molecule has 1 aliphatic heterocycles. The first-order valence-electron chi connectivity index (χ1n) is 6.79. The maximum absolute atomic E-state index is 12.3. The van der Waals surface area contributed by atoms with E-state index in [0.29, 0.717) is 6.54 Å². The van der Waals surface area contributed by atoms with E-state index in [1.54, 1.807) is 0 Å². The molecule has 5 nitrogen and oxygen atoms in total. The Labute approximate surface area is 116 Å². The van der Waals surface area contributed by atoms with Gasteiger partial charge in [-0.15, -0.1) is 0 Å². The molecular weight excluding hydrogens is 258 g/mol. The Morgan fingerprint density at radius 3 is 2.60 bits per heavy atom. The zero-order valence-corrected chi connectivity index (χ0v) is 11.0. The molecule has 2 atom stereocenters. The van der Waals surface area contributed by atoms with E-state index in [2.05, 4.69) is 5.32 Å². The Kier molecular flexibility index (Phi) is 3.22. The largest absolute Gasteiger partial charge is 0.480 e. The van der Waals surface area contributed by atoms with Crippen molar-refractivity contribution in [3.8, 4) is 0 Å². The van der Waals surface area contributed by atoms with Crippen molar-refractivity contribution in [1.29, 1.82) is 0 Å². The number of hydrogen-bond acceptors (Lipinski definition) is 4. The quantitative estimate of drug-likeness (QED) is 0.807. The molecule has 0 radical (unpaired) electrons. The summed E-state index contributed by atoms with van der Waals surface area (Å²) in [5, 5.41) is 12.1. The Balaban J connectivity index is 1.67. The molecule has 20 heavy (non-hydrogen) atoms. The first-order valence-corrected chi connectivity index (χ1v) is 6.79. The highest BCUT2D eigenvalue weighted by Gasteiger charge is 2.61. The van der Waals surface area contributed by atoms with Gasteiger partial charge >= 0.3 is 11.9 Å². The minimum atomic E-state index is -0.976. The van der Waals surface area contributed by atoms with E-state index in [9.17, 15) is 14.7 Å². The molecule has 3 rings (SSSR count). The molecule has 0 amide bonds. The van der Waals surface area contributed by atoms with E-state index >= 15 is 0 Å². The van der Waals surface area contributed by atoms with Crippen LogP contribution >= 0.6 is 0 Å². The van der Waals surface area contributed by atoms with Crippen molar-refractivity contribution < 1.29 is 19.4 Å². The lowest BCUT2D eigenvalue weighted by atomic mass is 9.88. The number of rotatable bonds is 4. The maximum Gasteiger partial charge on any atom is 0.321 e. The van der Waals surface area contributed by atoms with Crippen molar-refractivity contribution >= 4 is 11.9 Å². The van der Waals surface area contributed by atoms with Gasteiger partial charge in [-0.25, -0.2) is 0 Å². The van der Waals surface area contributed by atoms with E-state index in [0.717, 1.165) is 18.4 Å². The van der Waals surface area contributed by atoms with Gasteiger partial charge in [-0.05, 0) is 23.8 Å². The topological polar surface area (TPSA) is 75.6 Å². The first kappa shape index (κ1) is 13.1. The Hall–Kier alpha value is -1.88. The summed E-state index contributed by atoms with van der Waals surface area (Å²) < 4.78 is 5.33. The van der Waals surface area contributed by atoms with Crippen molar-refractivity contribution in [3.05, 3.63) is 35.9 Å². The van der Waals surface area contributed by atoms with Crippen LogP contribution in [0.2, 0.25) is 0 Å². The molecule has 1 heterocycles. The molecule has 1 aliphatic carbocycles. The number of carbonyl (C=O) groups excluding carboxylic acids is 1. The SMILES string of the molecule is O=C(OCc1ccccc1)C1[C@@H](C(=O)O)NCC12CC2. The van der Waals surface area contributed by atoms with Gasteiger partial charge in [0.05, 0.1) is 5.92 Å². The second-order valence-corrected chi connectivity index (χ2v) is 5.63. The van der Waals surface area contributed by atoms with Gasteiger partial charge in [0, 0.05) is 6.54 Å². The summed E-state index contributed by atoms with van der Waals surface area (Å²) in [5.41, 5.74) is 0.722. The second-order valence-electron chi connectivity index (χ2n) is 5.63. The van der Waals surface area contributed by atoms with E-state index in [1.165, 1.54) is 0 Å². The molecule has 106 valence electrons. The van der Waals surface area contributed by atoms with Gasteiger partial charge in [-0.3, -0.25) is 9.59 Å². The van der Waals surface area contributed by atoms with Crippen molar-refractivity contribution in [1.82, 2.24) is 5.32 Å². The van der Waals surface area contributed by atoms with Crippen LogP contribution in [-0.2, 0) is 20.9 Å². The van der Waals surface area contributed by atoms with Crippen LogP contribution in [0.3, 0.4) is 0 Å². The van der Waals surface area contributed by atoms with Crippen LogP contribution in [0.25, 0.3) is 0 Å². The molecule has 0 bridgehead atoms. The van der Waals surface area contributed by atoms with Crippen molar-refractivity contribution in [2.45, 2.75) is 25.5 Å². The average molecular weight is 275 g/mol. The summed E-state index contributed by atoms with van der Waals surface area (Å²) in [6, 6.07) is 8.58. The highest BCUT2D eigenvalue weighted by molar-refractivity contribution is 5.85. The minimum Gasteiger partial charge on any atom is -0.480 e. The summed E-state index contributed by atoms with van der Waals surface area (Å²) >= 11 is 0. The summed E-state index contributed by atoms with van der Waals surface area (Å²) in [5.74, 6) is -1.94. The third-order valence-electron chi connectivity index (χ3n) is 4.30. The van der Waals surface area contributed by atoms with Crippen LogP contribution < -0.4 is 5.32 Å². The van der Waals surface area contributed by atoms with Crippen molar-refractivity contribution in [3.63, 3.8) is 0 Å². The fourth-order valence-electron chi connectivity index (χ4n) is 2.98. The monoisotopic (exact) mass is 275 g/mol. The normalized spacial score (nSPS) is 26.4. The maximum atomic E-state index is 12.3. The van der Waals surface area contributed by atoms with Gasteiger partial charge in [0.15, 0.2) is 0 Å². The Bertz CT molecular complexity index is 524. The Morgan fingerprint density at radius 2 is 2.00 bits per heavy atom. The molecule has 1 saturated carbocycles. The van der Waals surface area contributed by atoms with Crippen LogP contribution in [-0.4, -0.2) is 29.6 Å². The standard InChI is InChI=1S/C15H17NO4/c17-13(18)12-11(15(6-7-15)9-16-12)14(19)20-8-10-4-2-1-3-5-10/h1-5,11-12,16H,6-9H2,(H,17,18)/t11?,12-/m0/s1. The molecule has 1 spiro atoms. The van der Waals surface area contributed by atoms with E-state index < -0.39 is 23.9 Å². The van der Waals surface area contributed by atoms with Crippen LogP contribution in [0, 0.1) is 11.3 Å². The van der Waals surface area contributed by atoms with E-state index in [4.69, 9.17) is 4.74 Å². The molecule has 1 aromatic rings.